The number of aliphatic hydroxyl groups is 2. The number of aryl methyl sites for hydroxylation is 1. The lowest BCUT2D eigenvalue weighted by Crippen LogP contribution is -2.38. The molecule has 1 saturated heterocycles. The van der Waals surface area contributed by atoms with Gasteiger partial charge in [0.1, 0.15) is 5.82 Å². The first-order valence-electron chi connectivity index (χ1n) is 8.99. The molecule has 0 aliphatic carbocycles. The number of aromatic nitrogens is 4. The van der Waals surface area contributed by atoms with Gasteiger partial charge in [0.05, 0.1) is 25.8 Å². The number of piperidine rings is 1. The summed E-state index contributed by atoms with van der Waals surface area (Å²) in [6.45, 7) is 4.32. The number of imidazole rings is 1. The van der Waals surface area contributed by atoms with Crippen molar-refractivity contribution < 1.29 is 10.2 Å². The molecule has 3 rings (SSSR count). The van der Waals surface area contributed by atoms with Crippen LogP contribution in [0.25, 0.3) is 11.2 Å². The normalized spacial score (nSPS) is 17.9. The molecule has 9 heteroatoms. The van der Waals surface area contributed by atoms with E-state index in [2.05, 4.69) is 16.8 Å². The fourth-order valence-electron chi connectivity index (χ4n) is 3.50. The Labute approximate surface area is 151 Å². The summed E-state index contributed by atoms with van der Waals surface area (Å²) < 4.78 is 4.04. The van der Waals surface area contributed by atoms with E-state index < -0.39 is 24.0 Å². The Hall–Kier alpha value is -1.97. The highest BCUT2D eigenvalue weighted by Gasteiger charge is 2.23. The van der Waals surface area contributed by atoms with Crippen LogP contribution in [0.2, 0.25) is 0 Å². The van der Waals surface area contributed by atoms with Gasteiger partial charge in [-0.25, -0.2) is 9.78 Å². The fourth-order valence-corrected chi connectivity index (χ4v) is 3.50. The first-order valence-corrected chi connectivity index (χ1v) is 8.99. The van der Waals surface area contributed by atoms with E-state index in [-0.39, 0.29) is 12.1 Å². The van der Waals surface area contributed by atoms with Crippen LogP contribution >= 0.6 is 0 Å². The van der Waals surface area contributed by atoms with Crippen molar-refractivity contribution in [1.29, 1.82) is 0 Å². The molecule has 0 amide bonds. The number of likely N-dealkylation sites (tertiary alicyclic amines) is 1. The van der Waals surface area contributed by atoms with Crippen molar-refractivity contribution in [2.45, 2.75) is 39.0 Å². The molecule has 1 aliphatic heterocycles. The molecule has 2 aromatic rings. The molecule has 0 spiro atoms. The minimum absolute atomic E-state index is 0.0556. The smallest absolute Gasteiger partial charge is 0.332 e. The maximum absolute atomic E-state index is 12.7. The molecule has 2 N–H and O–H groups in total. The molecule has 0 unspecified atom stereocenters. The molecule has 0 radical (unpaired) electrons. The van der Waals surface area contributed by atoms with E-state index >= 15 is 0 Å². The van der Waals surface area contributed by atoms with E-state index in [1.165, 1.54) is 11.6 Å². The fraction of sp³-hybridized carbons (Fsp3) is 0.706. The van der Waals surface area contributed by atoms with Gasteiger partial charge in [0.25, 0.3) is 5.56 Å². The number of hydrogen-bond donors (Lipinski definition) is 2. The molecule has 0 aromatic carbocycles. The van der Waals surface area contributed by atoms with Crippen LogP contribution in [0.15, 0.2) is 9.59 Å². The SMILES string of the molecule is CC1CCN(Cc2nc3c(c(=O)n(C)c(=O)n3C)n2C[C@@H](O)CO)CC1. The van der Waals surface area contributed by atoms with Crippen LogP contribution in [-0.2, 0) is 27.2 Å². The van der Waals surface area contributed by atoms with Crippen LogP contribution in [0, 0.1) is 5.92 Å². The maximum atomic E-state index is 12.7. The highest BCUT2D eigenvalue weighted by molar-refractivity contribution is 5.71. The Morgan fingerprint density at radius 3 is 2.46 bits per heavy atom. The van der Waals surface area contributed by atoms with Gasteiger partial charge < -0.3 is 14.8 Å². The van der Waals surface area contributed by atoms with Gasteiger partial charge in [0.2, 0.25) is 0 Å². The third-order valence-corrected chi connectivity index (χ3v) is 5.27. The van der Waals surface area contributed by atoms with Crippen LogP contribution in [0.1, 0.15) is 25.6 Å². The zero-order chi connectivity index (χ0) is 19.0. The van der Waals surface area contributed by atoms with Crippen molar-refractivity contribution in [2.24, 2.45) is 20.0 Å². The predicted octanol–water partition coefficient (Wildman–Crippen LogP) is -0.981. The third kappa shape index (κ3) is 3.34. The summed E-state index contributed by atoms with van der Waals surface area (Å²) in [5.74, 6) is 1.33. The molecule has 3 heterocycles. The van der Waals surface area contributed by atoms with E-state index in [1.54, 1.807) is 11.6 Å². The molecule has 2 aromatic heterocycles. The molecule has 9 nitrogen and oxygen atoms in total. The van der Waals surface area contributed by atoms with Gasteiger partial charge >= 0.3 is 5.69 Å². The van der Waals surface area contributed by atoms with Crippen LogP contribution in [0.3, 0.4) is 0 Å². The molecule has 1 atom stereocenters. The number of fused-ring (bicyclic) bond motifs is 1. The van der Waals surface area contributed by atoms with Gasteiger partial charge in [-0.3, -0.25) is 18.8 Å². The van der Waals surface area contributed by atoms with Crippen LogP contribution in [-0.4, -0.2) is 59.6 Å². The van der Waals surface area contributed by atoms with Crippen molar-refractivity contribution in [2.75, 3.05) is 19.7 Å². The molecule has 1 fully saturated rings. The summed E-state index contributed by atoms with van der Waals surface area (Å²) in [5, 5.41) is 19.2. The van der Waals surface area contributed by atoms with E-state index in [4.69, 9.17) is 0 Å². The standard InChI is InChI=1S/C17H27N5O4/c1-11-4-6-21(7-5-11)9-13-18-15-14(22(13)8-12(24)10-23)16(25)20(3)17(26)19(15)2/h11-12,23-24H,4-10H2,1-3H3/t12-/m1/s1. The van der Waals surface area contributed by atoms with Crippen molar-refractivity contribution in [3.05, 3.63) is 26.7 Å². The number of aliphatic hydroxyl groups excluding tert-OH is 2. The van der Waals surface area contributed by atoms with Crippen LogP contribution in [0.4, 0.5) is 0 Å². The van der Waals surface area contributed by atoms with Gasteiger partial charge in [-0.15, -0.1) is 0 Å². The third-order valence-electron chi connectivity index (χ3n) is 5.27. The minimum atomic E-state index is -1.01. The van der Waals surface area contributed by atoms with E-state index in [0.717, 1.165) is 30.5 Å². The van der Waals surface area contributed by atoms with Gasteiger partial charge in [0.15, 0.2) is 11.2 Å². The second-order valence-corrected chi connectivity index (χ2v) is 7.31. The van der Waals surface area contributed by atoms with Crippen molar-refractivity contribution in [3.63, 3.8) is 0 Å². The Kier molecular flexibility index (Phi) is 5.31. The summed E-state index contributed by atoms with van der Waals surface area (Å²) in [4.78, 5) is 31.7. The second-order valence-electron chi connectivity index (χ2n) is 7.31. The van der Waals surface area contributed by atoms with E-state index in [1.807, 2.05) is 0 Å². The van der Waals surface area contributed by atoms with E-state index in [9.17, 15) is 19.8 Å². The van der Waals surface area contributed by atoms with E-state index in [0.29, 0.717) is 23.9 Å². The van der Waals surface area contributed by atoms with Gasteiger partial charge in [-0.2, -0.15) is 0 Å². The van der Waals surface area contributed by atoms with Crippen LogP contribution in [0.5, 0.6) is 0 Å². The average molecular weight is 365 g/mol. The molecular weight excluding hydrogens is 338 g/mol. The highest BCUT2D eigenvalue weighted by atomic mass is 16.3. The van der Waals surface area contributed by atoms with Gasteiger partial charge in [0, 0.05) is 14.1 Å². The van der Waals surface area contributed by atoms with Crippen molar-refractivity contribution in [1.82, 2.24) is 23.6 Å². The Balaban J connectivity index is 2.10. The molecule has 26 heavy (non-hydrogen) atoms. The molecular formula is C17H27N5O4. The summed E-state index contributed by atoms with van der Waals surface area (Å²) in [6, 6.07) is 0. The predicted molar refractivity (Wildman–Crippen MR) is 97.0 cm³/mol. The lowest BCUT2D eigenvalue weighted by atomic mass is 9.99. The minimum Gasteiger partial charge on any atom is -0.394 e. The maximum Gasteiger partial charge on any atom is 0.332 e. The second kappa shape index (κ2) is 7.34. The summed E-state index contributed by atoms with van der Waals surface area (Å²) in [6.07, 6.45) is 1.22. The van der Waals surface area contributed by atoms with Gasteiger partial charge in [-0.1, -0.05) is 6.92 Å². The molecule has 144 valence electrons. The zero-order valence-corrected chi connectivity index (χ0v) is 15.6. The summed E-state index contributed by atoms with van der Waals surface area (Å²) >= 11 is 0. The van der Waals surface area contributed by atoms with Crippen molar-refractivity contribution in [3.8, 4) is 0 Å². The molecule has 0 saturated carbocycles. The summed E-state index contributed by atoms with van der Waals surface area (Å²) in [7, 11) is 3.01. The lowest BCUT2D eigenvalue weighted by molar-refractivity contribution is 0.0802. The first-order chi connectivity index (χ1) is 12.3. The quantitative estimate of drug-likeness (QED) is 0.706. The zero-order valence-electron chi connectivity index (χ0n) is 15.6. The van der Waals surface area contributed by atoms with Crippen molar-refractivity contribution >= 4 is 11.2 Å². The first kappa shape index (κ1) is 18.8. The Morgan fingerprint density at radius 2 is 1.85 bits per heavy atom. The lowest BCUT2D eigenvalue weighted by Gasteiger charge is -2.30. The largest absolute Gasteiger partial charge is 0.394 e. The Morgan fingerprint density at radius 1 is 1.19 bits per heavy atom. The highest BCUT2D eigenvalue weighted by Crippen LogP contribution is 2.20. The summed E-state index contributed by atoms with van der Waals surface area (Å²) in [5.41, 5.74) is -0.293. The molecule has 0 bridgehead atoms. The number of nitrogens with zero attached hydrogens (tertiary/aromatic N) is 5. The average Bonchev–Trinajstić information content (AvgIpc) is 2.98. The van der Waals surface area contributed by atoms with Crippen LogP contribution < -0.4 is 11.2 Å². The monoisotopic (exact) mass is 365 g/mol. The Bertz CT molecular complexity index is 904. The number of hydrogen-bond acceptors (Lipinski definition) is 6. The topological polar surface area (TPSA) is 106 Å². The number of rotatable bonds is 5. The van der Waals surface area contributed by atoms with Gasteiger partial charge in [-0.05, 0) is 31.8 Å². The molecule has 1 aliphatic rings.